The maximum atomic E-state index is 12.7. The minimum atomic E-state index is -0.644. The summed E-state index contributed by atoms with van der Waals surface area (Å²) in [6.45, 7) is 5.96. The number of nitrogens with one attached hydrogen (secondary N) is 1. The third-order valence-corrected chi connectivity index (χ3v) is 4.69. The normalized spacial score (nSPS) is 19.0. The van der Waals surface area contributed by atoms with E-state index in [1.165, 1.54) is 29.2 Å². The van der Waals surface area contributed by atoms with Gasteiger partial charge in [0.2, 0.25) is 0 Å². The van der Waals surface area contributed by atoms with Gasteiger partial charge >= 0.3 is 0 Å². The lowest BCUT2D eigenvalue weighted by molar-refractivity contribution is -0.384. The van der Waals surface area contributed by atoms with Crippen molar-refractivity contribution >= 4 is 46.6 Å². The zero-order chi connectivity index (χ0) is 20.3. The van der Waals surface area contributed by atoms with E-state index in [4.69, 9.17) is 17.0 Å². The van der Waals surface area contributed by atoms with Crippen molar-refractivity contribution in [3.8, 4) is 0 Å². The zero-order valence-corrected chi connectivity index (χ0v) is 15.7. The number of ether oxygens (including phenoxy) is 1. The molecule has 3 rings (SSSR count). The summed E-state index contributed by atoms with van der Waals surface area (Å²) in [7, 11) is 0. The Morgan fingerprint density at radius 2 is 2.04 bits per heavy atom. The number of carbonyl (C=O) groups excluding carboxylic acids is 2. The van der Waals surface area contributed by atoms with Crippen molar-refractivity contribution in [2.24, 2.45) is 0 Å². The minimum Gasteiger partial charge on any atom is -0.378 e. The fourth-order valence-corrected chi connectivity index (χ4v) is 3.26. The fourth-order valence-electron chi connectivity index (χ4n) is 3.01. The Labute approximate surface area is 166 Å². The number of nitro benzene ring substituents is 1. The number of morpholine rings is 1. The molecule has 0 unspecified atom stereocenters. The van der Waals surface area contributed by atoms with Crippen molar-refractivity contribution in [1.29, 1.82) is 0 Å². The van der Waals surface area contributed by atoms with Gasteiger partial charge in [-0.3, -0.25) is 29.9 Å². The summed E-state index contributed by atoms with van der Waals surface area (Å²) in [6, 6.07) is 4.37. The van der Waals surface area contributed by atoms with Crippen LogP contribution in [0, 0.1) is 10.1 Å². The predicted octanol–water partition coefficient (Wildman–Crippen LogP) is 1.24. The Morgan fingerprint density at radius 1 is 1.32 bits per heavy atom. The van der Waals surface area contributed by atoms with E-state index in [-0.39, 0.29) is 22.9 Å². The lowest BCUT2D eigenvalue weighted by Gasteiger charge is -2.31. The molecule has 146 valence electrons. The molecule has 1 aromatic rings. The molecule has 0 spiro atoms. The molecule has 10 heteroatoms. The average molecular weight is 402 g/mol. The highest BCUT2D eigenvalue weighted by Gasteiger charge is 2.33. The molecule has 0 aromatic heterocycles. The predicted molar refractivity (Wildman–Crippen MR) is 107 cm³/mol. The van der Waals surface area contributed by atoms with Gasteiger partial charge in [0.05, 0.1) is 18.1 Å². The molecule has 28 heavy (non-hydrogen) atoms. The van der Waals surface area contributed by atoms with Crippen LogP contribution >= 0.6 is 12.2 Å². The maximum absolute atomic E-state index is 12.7. The number of amides is 2. The Hall–Kier alpha value is -3.11. The molecule has 1 aromatic carbocycles. The van der Waals surface area contributed by atoms with Crippen molar-refractivity contribution in [3.05, 3.63) is 52.1 Å². The summed E-state index contributed by atoms with van der Waals surface area (Å²) < 4.78 is 5.35. The van der Waals surface area contributed by atoms with Crippen LogP contribution in [0.2, 0.25) is 0 Å². The van der Waals surface area contributed by atoms with Crippen molar-refractivity contribution in [3.63, 3.8) is 0 Å². The summed E-state index contributed by atoms with van der Waals surface area (Å²) in [5.74, 6) is -1.22. The number of nitro groups is 1. The first-order chi connectivity index (χ1) is 13.4. The summed E-state index contributed by atoms with van der Waals surface area (Å²) >= 11 is 5.03. The second-order valence-electron chi connectivity index (χ2n) is 6.12. The van der Waals surface area contributed by atoms with Crippen LogP contribution in [-0.4, -0.2) is 59.6 Å². The van der Waals surface area contributed by atoms with Gasteiger partial charge in [0.25, 0.3) is 17.5 Å². The summed E-state index contributed by atoms with van der Waals surface area (Å²) in [6.07, 6.45) is 2.86. The van der Waals surface area contributed by atoms with Crippen LogP contribution < -0.4 is 10.2 Å². The molecular formula is C18H18N4O5S. The molecule has 9 nitrogen and oxygen atoms in total. The monoisotopic (exact) mass is 402 g/mol. The number of hydrogen-bond donors (Lipinski definition) is 1. The molecule has 2 amide bonds. The Bertz CT molecular complexity index is 892. The highest BCUT2D eigenvalue weighted by atomic mass is 32.1. The quantitative estimate of drug-likeness (QED) is 0.197. The second-order valence-corrected chi connectivity index (χ2v) is 6.51. The van der Waals surface area contributed by atoms with E-state index in [1.54, 1.807) is 6.07 Å². The maximum Gasteiger partial charge on any atom is 0.270 e. The standard InChI is InChI=1S/C18H18N4O5S/c1-2-5-21-17(24)14(16(23)19-18(21)28)11-12-10-13(22(25)26)3-4-15(12)20-6-8-27-9-7-20/h2-4,10-11H,1,5-9H2,(H,19,23,28). The molecule has 1 N–H and O–H groups in total. The first-order valence-corrected chi connectivity index (χ1v) is 8.94. The lowest BCUT2D eigenvalue weighted by Crippen LogP contribution is -2.53. The van der Waals surface area contributed by atoms with Crippen LogP contribution in [0.5, 0.6) is 0 Å². The van der Waals surface area contributed by atoms with Crippen LogP contribution in [0.1, 0.15) is 5.56 Å². The smallest absolute Gasteiger partial charge is 0.270 e. The van der Waals surface area contributed by atoms with Crippen LogP contribution in [0.3, 0.4) is 0 Å². The fraction of sp³-hybridized carbons (Fsp3) is 0.278. The van der Waals surface area contributed by atoms with Gasteiger partial charge < -0.3 is 9.64 Å². The van der Waals surface area contributed by atoms with E-state index in [2.05, 4.69) is 11.9 Å². The largest absolute Gasteiger partial charge is 0.378 e. The van der Waals surface area contributed by atoms with Crippen molar-refractivity contribution in [2.45, 2.75) is 0 Å². The van der Waals surface area contributed by atoms with E-state index in [9.17, 15) is 19.7 Å². The van der Waals surface area contributed by atoms with E-state index in [0.29, 0.717) is 37.6 Å². The van der Waals surface area contributed by atoms with Crippen LogP contribution in [0.4, 0.5) is 11.4 Å². The zero-order valence-electron chi connectivity index (χ0n) is 14.9. The summed E-state index contributed by atoms with van der Waals surface area (Å²) in [4.78, 5) is 39.0. The van der Waals surface area contributed by atoms with Crippen molar-refractivity contribution < 1.29 is 19.2 Å². The number of anilines is 1. The molecule has 2 aliphatic rings. The molecular weight excluding hydrogens is 384 g/mol. The molecule has 0 saturated carbocycles. The van der Waals surface area contributed by atoms with Gasteiger partial charge in [0, 0.05) is 43.0 Å². The van der Waals surface area contributed by atoms with Crippen LogP contribution in [0.25, 0.3) is 6.08 Å². The second kappa shape index (κ2) is 8.28. The molecule has 0 radical (unpaired) electrons. The highest BCUT2D eigenvalue weighted by molar-refractivity contribution is 7.80. The molecule has 2 aliphatic heterocycles. The van der Waals surface area contributed by atoms with Crippen molar-refractivity contribution in [1.82, 2.24) is 10.2 Å². The average Bonchev–Trinajstić information content (AvgIpc) is 2.69. The van der Waals surface area contributed by atoms with Gasteiger partial charge in [-0.1, -0.05) is 6.08 Å². The van der Waals surface area contributed by atoms with Crippen LogP contribution in [0.15, 0.2) is 36.4 Å². The highest BCUT2D eigenvalue weighted by Crippen LogP contribution is 2.29. The first-order valence-electron chi connectivity index (χ1n) is 8.53. The third-order valence-electron chi connectivity index (χ3n) is 4.37. The summed E-state index contributed by atoms with van der Waals surface area (Å²) in [5.41, 5.74) is 0.808. The molecule has 0 aliphatic carbocycles. The number of rotatable bonds is 5. The molecule has 2 heterocycles. The Kier molecular flexibility index (Phi) is 5.81. The molecule has 0 bridgehead atoms. The van der Waals surface area contributed by atoms with Crippen molar-refractivity contribution in [2.75, 3.05) is 37.7 Å². The van der Waals surface area contributed by atoms with Gasteiger partial charge in [0.15, 0.2) is 5.11 Å². The number of nitrogens with zero attached hydrogens (tertiary/aromatic N) is 3. The molecule has 2 saturated heterocycles. The Balaban J connectivity index is 2.06. The molecule has 2 fully saturated rings. The SMILES string of the molecule is C=CCN1C(=O)C(=Cc2cc([N+](=O)[O-])ccc2N2CCOCC2)C(=O)NC1=S. The number of non-ortho nitro benzene ring substituents is 1. The van der Waals surface area contributed by atoms with Gasteiger partial charge in [0.1, 0.15) is 5.57 Å². The summed E-state index contributed by atoms with van der Waals surface area (Å²) in [5, 5.41) is 13.7. The number of benzene rings is 1. The van der Waals surface area contributed by atoms with Gasteiger partial charge in [-0.25, -0.2) is 0 Å². The third kappa shape index (κ3) is 3.92. The first kappa shape index (κ1) is 19.6. The number of carbonyl (C=O) groups is 2. The van der Waals surface area contributed by atoms with E-state index in [0.717, 1.165) is 0 Å². The van der Waals surface area contributed by atoms with E-state index >= 15 is 0 Å². The van der Waals surface area contributed by atoms with Gasteiger partial charge in [-0.15, -0.1) is 6.58 Å². The number of hydrogen-bond acceptors (Lipinski definition) is 7. The van der Waals surface area contributed by atoms with Crippen LogP contribution in [-0.2, 0) is 14.3 Å². The minimum absolute atomic E-state index is 0.000468. The number of thiocarbonyl (C=S) groups is 1. The van der Waals surface area contributed by atoms with Gasteiger partial charge in [-0.2, -0.15) is 0 Å². The van der Waals surface area contributed by atoms with E-state index in [1.807, 2.05) is 4.90 Å². The van der Waals surface area contributed by atoms with Gasteiger partial charge in [-0.05, 0) is 24.4 Å². The van der Waals surface area contributed by atoms with E-state index < -0.39 is 16.7 Å². The topological polar surface area (TPSA) is 105 Å². The molecule has 0 atom stereocenters. The lowest BCUT2D eigenvalue weighted by atomic mass is 10.0. The Morgan fingerprint density at radius 3 is 2.68 bits per heavy atom.